The number of nitrogens with one attached hydrogen (secondary N) is 1. The van der Waals surface area contributed by atoms with Crippen molar-refractivity contribution in [2.45, 2.75) is 19.3 Å². The molecule has 0 saturated heterocycles. The molecule has 0 radical (unpaired) electrons. The van der Waals surface area contributed by atoms with Gasteiger partial charge in [0.15, 0.2) is 0 Å². The number of halogens is 6. The average Bonchev–Trinajstić information content (AvgIpc) is 1.94. The molecule has 0 aromatic heterocycles. The van der Waals surface area contributed by atoms with Gasteiger partial charge in [0.1, 0.15) is 5.78 Å². The molecule has 1 N–H and O–H groups in total. The van der Waals surface area contributed by atoms with Gasteiger partial charge in [0, 0.05) is 0 Å². The number of amides is 1. The lowest BCUT2D eigenvalue weighted by molar-refractivity contribution is -0.274. The fourth-order valence-corrected chi connectivity index (χ4v) is 0.797. The first-order valence-electron chi connectivity index (χ1n) is 3.87. The fraction of sp³-hybridized carbons (Fsp3) is 0.714. The number of hydrogen-bond acceptors (Lipinski definition) is 2. The SMILES string of the molecule is CC(=O)CNC(=O)C(C(F)(F)F)C(F)(F)F. The van der Waals surface area contributed by atoms with Crippen LogP contribution in [0.3, 0.4) is 0 Å². The minimum absolute atomic E-state index is 0.753. The second-order valence-corrected chi connectivity index (χ2v) is 2.94. The van der Waals surface area contributed by atoms with Crippen LogP contribution in [-0.4, -0.2) is 30.6 Å². The third-order valence-corrected chi connectivity index (χ3v) is 1.43. The lowest BCUT2D eigenvalue weighted by Gasteiger charge is -2.21. The van der Waals surface area contributed by atoms with E-state index in [-0.39, 0.29) is 0 Å². The van der Waals surface area contributed by atoms with Gasteiger partial charge >= 0.3 is 12.4 Å². The van der Waals surface area contributed by atoms with Crippen LogP contribution >= 0.6 is 0 Å². The van der Waals surface area contributed by atoms with E-state index in [0.29, 0.717) is 0 Å². The summed E-state index contributed by atoms with van der Waals surface area (Å²) in [5, 5.41) is 1.27. The molecule has 0 fully saturated rings. The van der Waals surface area contributed by atoms with Gasteiger partial charge in [-0.1, -0.05) is 0 Å². The van der Waals surface area contributed by atoms with E-state index in [0.717, 1.165) is 6.92 Å². The molecule has 0 aliphatic rings. The molecule has 0 atom stereocenters. The zero-order valence-electron chi connectivity index (χ0n) is 7.87. The van der Waals surface area contributed by atoms with Gasteiger partial charge in [-0.25, -0.2) is 0 Å². The molecule has 0 aromatic rings. The minimum Gasteiger partial charge on any atom is -0.348 e. The topological polar surface area (TPSA) is 46.2 Å². The third-order valence-electron chi connectivity index (χ3n) is 1.43. The summed E-state index contributed by atoms with van der Waals surface area (Å²) in [4.78, 5) is 20.9. The highest BCUT2D eigenvalue weighted by atomic mass is 19.4. The van der Waals surface area contributed by atoms with Crippen molar-refractivity contribution in [1.29, 1.82) is 0 Å². The maximum absolute atomic E-state index is 11.9. The van der Waals surface area contributed by atoms with Crippen LogP contribution in [0.2, 0.25) is 0 Å². The van der Waals surface area contributed by atoms with Gasteiger partial charge in [-0.15, -0.1) is 0 Å². The predicted octanol–water partition coefficient (Wildman–Crippen LogP) is 1.43. The quantitative estimate of drug-likeness (QED) is 0.771. The Morgan fingerprint density at radius 3 is 1.69 bits per heavy atom. The fourth-order valence-electron chi connectivity index (χ4n) is 0.797. The van der Waals surface area contributed by atoms with Crippen molar-refractivity contribution >= 4 is 11.7 Å². The summed E-state index contributed by atoms with van der Waals surface area (Å²) in [5.41, 5.74) is 0. The molecule has 0 aromatic carbocycles. The van der Waals surface area contributed by atoms with Gasteiger partial charge in [-0.05, 0) is 6.92 Å². The molecule has 0 aliphatic carbocycles. The van der Waals surface area contributed by atoms with E-state index in [4.69, 9.17) is 0 Å². The van der Waals surface area contributed by atoms with E-state index in [1.807, 2.05) is 0 Å². The Hall–Kier alpha value is -1.28. The number of Topliss-reactive ketones (excluding diaryl/α,β-unsaturated/α-hetero) is 1. The summed E-state index contributed by atoms with van der Waals surface area (Å²) in [6, 6.07) is 0. The highest BCUT2D eigenvalue weighted by Crippen LogP contribution is 2.39. The molecular weight excluding hydrogens is 244 g/mol. The van der Waals surface area contributed by atoms with E-state index in [1.54, 1.807) is 0 Å². The normalized spacial score (nSPS) is 12.8. The van der Waals surface area contributed by atoms with Gasteiger partial charge in [0.25, 0.3) is 0 Å². The van der Waals surface area contributed by atoms with Crippen molar-refractivity contribution in [3.8, 4) is 0 Å². The summed E-state index contributed by atoms with van der Waals surface area (Å²) in [6.07, 6.45) is -11.5. The Kier molecular flexibility index (Phi) is 4.33. The molecule has 0 saturated carbocycles. The number of hydrogen-bond donors (Lipinski definition) is 1. The van der Waals surface area contributed by atoms with Crippen LogP contribution in [0.25, 0.3) is 0 Å². The van der Waals surface area contributed by atoms with E-state index < -0.39 is 36.5 Å². The van der Waals surface area contributed by atoms with Gasteiger partial charge in [0.05, 0.1) is 6.54 Å². The number of carbonyl (C=O) groups excluding carboxylic acids is 2. The monoisotopic (exact) mass is 251 g/mol. The van der Waals surface area contributed by atoms with E-state index in [1.165, 1.54) is 5.32 Å². The number of ketones is 1. The molecule has 0 aliphatic heterocycles. The summed E-state index contributed by atoms with van der Waals surface area (Å²) in [7, 11) is 0. The molecule has 0 rings (SSSR count). The summed E-state index contributed by atoms with van der Waals surface area (Å²) >= 11 is 0. The molecule has 0 unspecified atom stereocenters. The molecule has 9 heteroatoms. The molecule has 0 heterocycles. The van der Waals surface area contributed by atoms with Crippen LogP contribution < -0.4 is 5.32 Å². The highest BCUT2D eigenvalue weighted by Gasteiger charge is 2.61. The van der Waals surface area contributed by atoms with Gasteiger partial charge in [-0.3, -0.25) is 9.59 Å². The Morgan fingerprint density at radius 2 is 1.44 bits per heavy atom. The van der Waals surface area contributed by atoms with Crippen LogP contribution in [0.15, 0.2) is 0 Å². The molecule has 3 nitrogen and oxygen atoms in total. The Morgan fingerprint density at radius 1 is 1.06 bits per heavy atom. The van der Waals surface area contributed by atoms with Crippen molar-refractivity contribution < 1.29 is 35.9 Å². The Bertz CT molecular complexity index is 268. The van der Waals surface area contributed by atoms with Crippen molar-refractivity contribution in [3.05, 3.63) is 0 Å². The lowest BCUT2D eigenvalue weighted by atomic mass is 10.1. The summed E-state index contributed by atoms with van der Waals surface area (Å²) in [6.45, 7) is 0.0396. The second-order valence-electron chi connectivity index (χ2n) is 2.94. The number of rotatable bonds is 3. The van der Waals surface area contributed by atoms with Crippen LogP contribution in [0.5, 0.6) is 0 Å². The van der Waals surface area contributed by atoms with Crippen LogP contribution in [-0.2, 0) is 9.59 Å². The van der Waals surface area contributed by atoms with Gasteiger partial charge in [-0.2, -0.15) is 26.3 Å². The zero-order chi connectivity index (χ0) is 13.1. The predicted molar refractivity (Wildman–Crippen MR) is 39.3 cm³/mol. The Labute approximate surface area is 85.8 Å². The van der Waals surface area contributed by atoms with E-state index in [9.17, 15) is 35.9 Å². The van der Waals surface area contributed by atoms with Crippen LogP contribution in [0.4, 0.5) is 26.3 Å². The van der Waals surface area contributed by atoms with Crippen molar-refractivity contribution in [2.24, 2.45) is 5.92 Å². The maximum atomic E-state index is 11.9. The second kappa shape index (κ2) is 4.71. The van der Waals surface area contributed by atoms with Gasteiger partial charge in [0.2, 0.25) is 11.8 Å². The molecular formula is C7H7F6NO2. The number of carbonyl (C=O) groups is 2. The standard InChI is InChI=1S/C7H7F6NO2/c1-3(15)2-14-5(16)4(6(8,9)10)7(11,12)13/h4H,2H2,1H3,(H,14,16). The first-order chi connectivity index (χ1) is 6.96. The zero-order valence-corrected chi connectivity index (χ0v) is 7.87. The third kappa shape index (κ3) is 4.49. The van der Waals surface area contributed by atoms with E-state index in [2.05, 4.69) is 0 Å². The van der Waals surface area contributed by atoms with E-state index >= 15 is 0 Å². The highest BCUT2D eigenvalue weighted by molar-refractivity contribution is 5.86. The first kappa shape index (κ1) is 14.7. The summed E-state index contributed by atoms with van der Waals surface area (Å²) < 4.78 is 71.6. The molecule has 16 heavy (non-hydrogen) atoms. The molecule has 0 bridgehead atoms. The molecule has 94 valence electrons. The number of alkyl halides is 6. The first-order valence-corrected chi connectivity index (χ1v) is 3.87. The molecule has 0 spiro atoms. The average molecular weight is 251 g/mol. The minimum atomic E-state index is -5.74. The smallest absolute Gasteiger partial charge is 0.348 e. The van der Waals surface area contributed by atoms with Crippen molar-refractivity contribution in [2.75, 3.05) is 6.54 Å². The maximum Gasteiger partial charge on any atom is 0.409 e. The summed E-state index contributed by atoms with van der Waals surface area (Å²) in [5.74, 6) is -7.15. The molecule has 1 amide bonds. The Balaban J connectivity index is 4.80. The van der Waals surface area contributed by atoms with Crippen LogP contribution in [0.1, 0.15) is 6.92 Å². The van der Waals surface area contributed by atoms with Crippen molar-refractivity contribution in [3.63, 3.8) is 0 Å². The lowest BCUT2D eigenvalue weighted by Crippen LogP contribution is -2.48. The van der Waals surface area contributed by atoms with Gasteiger partial charge < -0.3 is 5.32 Å². The van der Waals surface area contributed by atoms with Crippen molar-refractivity contribution in [1.82, 2.24) is 5.32 Å². The largest absolute Gasteiger partial charge is 0.409 e. The van der Waals surface area contributed by atoms with Crippen LogP contribution in [0, 0.1) is 5.92 Å².